The molecular weight excluding hydrogens is 751 g/mol. The number of fused-ring (bicyclic) bond motifs is 5. The van der Waals surface area contributed by atoms with Gasteiger partial charge >= 0.3 is 6.09 Å². The van der Waals surface area contributed by atoms with E-state index < -0.39 is 68.7 Å². The first kappa shape index (κ1) is 39.2. The molecule has 2 aromatic rings. The Morgan fingerprint density at radius 1 is 1.02 bits per heavy atom. The molecule has 0 spiro atoms. The van der Waals surface area contributed by atoms with Crippen LogP contribution in [0.15, 0.2) is 49.1 Å². The normalized spacial score (nSPS) is 31.4. The molecule has 4 amide bonds. The van der Waals surface area contributed by atoms with E-state index in [4.69, 9.17) is 19.2 Å². The smallest absolute Gasteiger partial charge is 0.408 e. The molecule has 8 rings (SSSR count). The van der Waals surface area contributed by atoms with Gasteiger partial charge in [0.15, 0.2) is 0 Å². The Labute approximate surface area is 333 Å². The van der Waals surface area contributed by atoms with Crippen molar-refractivity contribution in [1.82, 2.24) is 25.2 Å². The minimum Gasteiger partial charge on any atom is -0.496 e. The number of carbonyl (C=O) groups excluding carboxylic acids is 4. The van der Waals surface area contributed by atoms with Gasteiger partial charge < -0.3 is 29.7 Å². The van der Waals surface area contributed by atoms with E-state index in [-0.39, 0.29) is 37.3 Å². The quantitative estimate of drug-likeness (QED) is 0.319. The van der Waals surface area contributed by atoms with Crippen molar-refractivity contribution in [2.75, 3.05) is 13.7 Å². The number of para-hydroxylation sites is 1. The Balaban J connectivity index is 1.15. The van der Waals surface area contributed by atoms with Crippen molar-refractivity contribution in [1.29, 1.82) is 0 Å². The number of rotatable bonds is 8. The van der Waals surface area contributed by atoms with E-state index in [1.54, 1.807) is 7.11 Å². The second kappa shape index (κ2) is 15.9. The van der Waals surface area contributed by atoms with E-state index in [0.29, 0.717) is 36.4 Å². The molecule has 3 heterocycles. The third kappa shape index (κ3) is 7.96. The first-order chi connectivity index (χ1) is 27.5. The molecule has 5 fully saturated rings. The molecule has 15 heteroatoms. The van der Waals surface area contributed by atoms with Gasteiger partial charge in [0.1, 0.15) is 35.6 Å². The molecule has 14 nitrogen and oxygen atoms in total. The second-order valence-electron chi connectivity index (χ2n) is 16.7. The van der Waals surface area contributed by atoms with Crippen LogP contribution in [0.2, 0.25) is 0 Å². The maximum atomic E-state index is 14.9. The highest BCUT2D eigenvalue weighted by molar-refractivity contribution is 7.91. The van der Waals surface area contributed by atoms with Gasteiger partial charge in [-0.05, 0) is 94.6 Å². The minimum absolute atomic E-state index is 0.00614. The molecule has 1 aromatic carbocycles. The highest BCUT2D eigenvalue weighted by Crippen LogP contribution is 2.46. The lowest BCUT2D eigenvalue weighted by Gasteiger charge is -2.32. The number of nitrogens with zero attached hydrogens (tertiary/aromatic N) is 2. The lowest BCUT2D eigenvalue weighted by atomic mass is 9.96. The molecule has 57 heavy (non-hydrogen) atoms. The summed E-state index contributed by atoms with van der Waals surface area (Å²) < 4.78 is 46.5. The number of hydrogen-bond donors (Lipinski definition) is 3. The molecule has 2 bridgehead atoms. The largest absolute Gasteiger partial charge is 0.496 e. The van der Waals surface area contributed by atoms with E-state index in [1.807, 2.05) is 24.3 Å². The molecule has 2 aliphatic heterocycles. The molecule has 0 radical (unpaired) electrons. The Kier molecular flexibility index (Phi) is 11.0. The van der Waals surface area contributed by atoms with Crippen LogP contribution < -0.4 is 24.8 Å². The number of alkyl carbamates (subject to hydrolysis) is 1. The van der Waals surface area contributed by atoms with Crippen molar-refractivity contribution in [3.63, 3.8) is 0 Å². The van der Waals surface area contributed by atoms with Crippen LogP contribution in [0, 0.1) is 17.8 Å². The fourth-order valence-corrected chi connectivity index (χ4v) is 10.9. The SMILES string of the molecule is C=C[C@@H]1C[C@]1(NC(=O)[C@@H]1C[C@@H]2CN1C(=O)[C@H](C1CCCC1)NC(=O)O[C@@H]1CCC[C@H]1CC/C=C/Cc1c(nc3ccccc3c1OC)O2)C(=O)NS(=O)(=O)C1CC1. The van der Waals surface area contributed by atoms with Crippen LogP contribution in [-0.2, 0) is 35.6 Å². The number of hydrogen-bond acceptors (Lipinski definition) is 10. The van der Waals surface area contributed by atoms with Crippen molar-refractivity contribution in [2.45, 2.75) is 125 Å². The van der Waals surface area contributed by atoms with Crippen molar-refractivity contribution in [2.24, 2.45) is 17.8 Å². The number of carbonyl (C=O) groups is 4. The number of methoxy groups -OCH3 is 1. The third-order valence-corrected chi connectivity index (χ3v) is 14.8. The first-order valence-electron chi connectivity index (χ1n) is 20.6. The van der Waals surface area contributed by atoms with E-state index in [0.717, 1.165) is 68.7 Å². The van der Waals surface area contributed by atoms with Crippen LogP contribution in [0.5, 0.6) is 11.6 Å². The standard InChI is InChI=1S/C42H53N5O9S/c1-3-27-23-42(27,40(50)46-57(52,53)29-20-21-29)45-37(48)33-22-28-24-47(33)39(49)35(26-13-7-8-14-26)44-41(51)56-34-19-11-15-25(34)12-5-4-6-17-31-36(54-2)30-16-9-10-18-32(30)43-38(31)55-28/h3-4,6,9-10,16,18,25-29,33-35H,1,5,7-8,11-15,17,19-24H2,2H3,(H,44,51)(H,45,48)(H,46,50)/b6-4+/t25-,27-,28-,33+,34-,35+,42-/m1/s1. The monoisotopic (exact) mass is 803 g/mol. The van der Waals surface area contributed by atoms with Gasteiger partial charge in [0.2, 0.25) is 27.7 Å². The molecule has 1 saturated heterocycles. The van der Waals surface area contributed by atoms with Gasteiger partial charge in [-0.15, -0.1) is 6.58 Å². The number of aromatic nitrogens is 1. The molecule has 3 N–H and O–H groups in total. The molecule has 306 valence electrons. The lowest BCUT2D eigenvalue weighted by Crippen LogP contribution is -2.59. The van der Waals surface area contributed by atoms with Crippen LogP contribution in [0.4, 0.5) is 4.79 Å². The summed E-state index contributed by atoms with van der Waals surface area (Å²) in [4.78, 5) is 63.1. The lowest BCUT2D eigenvalue weighted by molar-refractivity contribution is -0.142. The van der Waals surface area contributed by atoms with Crippen molar-refractivity contribution >= 4 is 44.7 Å². The number of sulfonamides is 1. The van der Waals surface area contributed by atoms with Crippen molar-refractivity contribution in [3.8, 4) is 11.6 Å². The van der Waals surface area contributed by atoms with Gasteiger partial charge in [0, 0.05) is 17.7 Å². The summed E-state index contributed by atoms with van der Waals surface area (Å²) >= 11 is 0. The number of pyridine rings is 1. The Bertz CT molecular complexity index is 2060. The summed E-state index contributed by atoms with van der Waals surface area (Å²) in [6.45, 7) is 3.81. The molecular formula is C42H53N5O9S. The molecule has 6 aliphatic rings. The molecule has 7 atom stereocenters. The topological polar surface area (TPSA) is 182 Å². The highest BCUT2D eigenvalue weighted by Gasteiger charge is 2.62. The Morgan fingerprint density at radius 2 is 1.79 bits per heavy atom. The van der Waals surface area contributed by atoms with Gasteiger partial charge in [-0.25, -0.2) is 18.2 Å². The van der Waals surface area contributed by atoms with E-state index in [9.17, 15) is 27.6 Å². The van der Waals surface area contributed by atoms with Crippen LogP contribution in [0.3, 0.4) is 0 Å². The van der Waals surface area contributed by atoms with Gasteiger partial charge in [0.05, 0.1) is 30.0 Å². The average Bonchev–Trinajstić information content (AvgIpc) is 3.98. The summed E-state index contributed by atoms with van der Waals surface area (Å²) in [6.07, 6.45) is 13.2. The minimum atomic E-state index is -3.90. The van der Waals surface area contributed by atoms with Gasteiger partial charge in [0.25, 0.3) is 5.91 Å². The van der Waals surface area contributed by atoms with Crippen LogP contribution in [0.25, 0.3) is 10.9 Å². The maximum absolute atomic E-state index is 14.9. The molecule has 4 aliphatic carbocycles. The number of nitrogens with one attached hydrogen (secondary N) is 3. The van der Waals surface area contributed by atoms with Crippen LogP contribution in [0.1, 0.15) is 89.0 Å². The summed E-state index contributed by atoms with van der Waals surface area (Å²) in [5.41, 5.74) is -0.149. The summed E-state index contributed by atoms with van der Waals surface area (Å²) in [5, 5.41) is 5.99. The van der Waals surface area contributed by atoms with Gasteiger partial charge in [-0.1, -0.05) is 43.2 Å². The van der Waals surface area contributed by atoms with Gasteiger partial charge in [-0.3, -0.25) is 19.1 Å². The maximum Gasteiger partial charge on any atom is 0.408 e. The van der Waals surface area contributed by atoms with E-state index in [1.165, 1.54) is 11.0 Å². The fourth-order valence-electron chi connectivity index (χ4n) is 9.53. The number of allylic oxidation sites excluding steroid dienone is 2. The first-order valence-corrected chi connectivity index (χ1v) is 22.1. The molecule has 1 aromatic heterocycles. The third-order valence-electron chi connectivity index (χ3n) is 12.9. The number of amides is 4. The molecule has 4 saturated carbocycles. The van der Waals surface area contributed by atoms with Crippen LogP contribution in [-0.4, -0.2) is 90.9 Å². The van der Waals surface area contributed by atoms with Crippen molar-refractivity contribution in [3.05, 3.63) is 54.6 Å². The zero-order valence-electron chi connectivity index (χ0n) is 32.5. The summed E-state index contributed by atoms with van der Waals surface area (Å²) in [5.74, 6) is -1.42. The average molecular weight is 804 g/mol. The number of ether oxygens (including phenoxy) is 3. The zero-order valence-corrected chi connectivity index (χ0v) is 33.3. The Morgan fingerprint density at radius 3 is 2.53 bits per heavy atom. The predicted octanol–water partition coefficient (Wildman–Crippen LogP) is 4.61. The summed E-state index contributed by atoms with van der Waals surface area (Å²) in [7, 11) is -2.29. The second-order valence-corrected chi connectivity index (χ2v) is 18.6. The zero-order chi connectivity index (χ0) is 39.9. The van der Waals surface area contributed by atoms with Crippen molar-refractivity contribution < 1.29 is 41.8 Å². The summed E-state index contributed by atoms with van der Waals surface area (Å²) in [6, 6.07) is 5.55. The van der Waals surface area contributed by atoms with E-state index in [2.05, 4.69) is 34.1 Å². The fraction of sp³-hybridized carbons (Fsp3) is 0.595. The predicted molar refractivity (Wildman–Crippen MR) is 211 cm³/mol. The van der Waals surface area contributed by atoms with Gasteiger partial charge in [-0.2, -0.15) is 0 Å². The highest BCUT2D eigenvalue weighted by atomic mass is 32.2. The van der Waals surface area contributed by atoms with E-state index >= 15 is 0 Å². The van der Waals surface area contributed by atoms with Crippen LogP contribution >= 0.6 is 0 Å². The number of benzene rings is 1. The Hall–Kier alpha value is -4.66. The molecule has 0 unspecified atom stereocenters.